The van der Waals surface area contributed by atoms with Crippen LogP contribution in [0.3, 0.4) is 0 Å². The van der Waals surface area contributed by atoms with Gasteiger partial charge in [-0.3, -0.25) is 0 Å². The summed E-state index contributed by atoms with van der Waals surface area (Å²) in [5.41, 5.74) is 0.832. The largest absolute Gasteiger partial charge is 0.439 e. The van der Waals surface area contributed by atoms with E-state index in [2.05, 4.69) is 20.0 Å². The Morgan fingerprint density at radius 1 is 1.07 bits per heavy atom. The van der Waals surface area contributed by atoms with Gasteiger partial charge in [0.15, 0.2) is 0 Å². The Bertz CT molecular complexity index is 935. The molecule has 7 nitrogen and oxygen atoms in total. The van der Waals surface area contributed by atoms with Gasteiger partial charge in [0, 0.05) is 24.3 Å². The average Bonchev–Trinajstić information content (AvgIpc) is 2.67. The van der Waals surface area contributed by atoms with E-state index >= 15 is 0 Å². The molecule has 8 heteroatoms. The van der Waals surface area contributed by atoms with E-state index in [4.69, 9.17) is 4.74 Å². The lowest BCUT2D eigenvalue weighted by Gasteiger charge is -2.31. The molecule has 0 unspecified atom stereocenters. The summed E-state index contributed by atoms with van der Waals surface area (Å²) in [6.07, 6.45) is 3.62. The van der Waals surface area contributed by atoms with Crippen molar-refractivity contribution in [3.8, 4) is 11.6 Å². The molecule has 1 heterocycles. The van der Waals surface area contributed by atoms with E-state index in [9.17, 15) is 8.42 Å². The van der Waals surface area contributed by atoms with Crippen molar-refractivity contribution in [2.24, 2.45) is 5.92 Å². The van der Waals surface area contributed by atoms with Crippen molar-refractivity contribution in [1.82, 2.24) is 14.7 Å². The number of sulfonamides is 1. The third-order valence-corrected chi connectivity index (χ3v) is 7.58. The van der Waals surface area contributed by atoms with E-state index in [1.54, 1.807) is 20.8 Å². The van der Waals surface area contributed by atoms with Crippen LogP contribution >= 0.6 is 0 Å². The van der Waals surface area contributed by atoms with Gasteiger partial charge < -0.3 is 10.1 Å². The zero-order valence-corrected chi connectivity index (χ0v) is 19.0. The van der Waals surface area contributed by atoms with Crippen LogP contribution in [0.2, 0.25) is 0 Å². The minimum absolute atomic E-state index is 0.0200. The van der Waals surface area contributed by atoms with Crippen LogP contribution < -0.4 is 14.8 Å². The van der Waals surface area contributed by atoms with Crippen LogP contribution in [0.15, 0.2) is 36.4 Å². The summed E-state index contributed by atoms with van der Waals surface area (Å²) in [5, 5.41) is 3.33. The first-order valence-corrected chi connectivity index (χ1v) is 11.9. The fourth-order valence-corrected chi connectivity index (χ4v) is 4.42. The molecule has 0 spiro atoms. The van der Waals surface area contributed by atoms with Crippen LogP contribution in [0.25, 0.3) is 0 Å². The molecular formula is C22H32N4O3S. The number of hydrogen-bond donors (Lipinski definition) is 2. The Kier molecular flexibility index (Phi) is 6.98. The van der Waals surface area contributed by atoms with E-state index in [1.807, 2.05) is 43.3 Å². The van der Waals surface area contributed by atoms with Crippen molar-refractivity contribution in [2.45, 2.75) is 64.2 Å². The average molecular weight is 433 g/mol. The number of aromatic nitrogens is 2. The third kappa shape index (κ3) is 6.15. The van der Waals surface area contributed by atoms with Gasteiger partial charge in [0.25, 0.3) is 0 Å². The van der Waals surface area contributed by atoms with Gasteiger partial charge in [0.1, 0.15) is 5.75 Å². The molecule has 1 saturated carbocycles. The fraction of sp³-hybridized carbons (Fsp3) is 0.545. The van der Waals surface area contributed by atoms with Crippen molar-refractivity contribution in [1.29, 1.82) is 0 Å². The summed E-state index contributed by atoms with van der Waals surface area (Å²) < 4.78 is 32.6. The number of ether oxygens (including phenoxy) is 1. The number of benzene rings is 1. The highest BCUT2D eigenvalue weighted by Crippen LogP contribution is 2.27. The maximum Gasteiger partial charge on any atom is 0.226 e. The van der Waals surface area contributed by atoms with E-state index < -0.39 is 14.8 Å². The third-order valence-electron chi connectivity index (χ3n) is 5.32. The first kappa shape index (κ1) is 22.5. The summed E-state index contributed by atoms with van der Waals surface area (Å²) in [4.78, 5) is 8.92. The van der Waals surface area contributed by atoms with Gasteiger partial charge >= 0.3 is 0 Å². The standard InChI is InChI=1S/C22H32N4O3S/c1-16-14-20(29-19-8-6-5-7-9-19)25-21(24-16)23-15-17-10-12-18(13-11-17)26-30(27,28)22(2,3)4/h5-9,14,17-18,26H,10-13,15H2,1-4H3,(H,23,24,25). The highest BCUT2D eigenvalue weighted by Gasteiger charge is 2.32. The smallest absolute Gasteiger partial charge is 0.226 e. The lowest BCUT2D eigenvalue weighted by atomic mass is 9.86. The van der Waals surface area contributed by atoms with Crippen LogP contribution in [-0.4, -0.2) is 35.7 Å². The molecule has 0 radical (unpaired) electrons. The van der Waals surface area contributed by atoms with Crippen LogP contribution in [-0.2, 0) is 10.0 Å². The second-order valence-corrected chi connectivity index (χ2v) is 11.4. The molecule has 0 amide bonds. The molecule has 30 heavy (non-hydrogen) atoms. The Hall–Kier alpha value is -2.19. The molecule has 1 aliphatic rings. The van der Waals surface area contributed by atoms with E-state index in [0.29, 0.717) is 17.7 Å². The molecule has 0 bridgehead atoms. The summed E-state index contributed by atoms with van der Waals surface area (Å²) in [7, 11) is -3.31. The van der Waals surface area contributed by atoms with Gasteiger partial charge in [-0.15, -0.1) is 0 Å². The number of para-hydroxylation sites is 1. The summed E-state index contributed by atoms with van der Waals surface area (Å²) in [6.45, 7) is 7.84. The fourth-order valence-electron chi connectivity index (χ4n) is 3.40. The highest BCUT2D eigenvalue weighted by molar-refractivity contribution is 7.90. The van der Waals surface area contributed by atoms with Gasteiger partial charge in [-0.05, 0) is 71.4 Å². The molecule has 1 aromatic heterocycles. The molecule has 0 aliphatic heterocycles. The molecule has 1 aromatic carbocycles. The van der Waals surface area contributed by atoms with Crippen molar-refractivity contribution in [3.63, 3.8) is 0 Å². The van der Waals surface area contributed by atoms with Crippen LogP contribution in [0.4, 0.5) is 5.95 Å². The lowest BCUT2D eigenvalue weighted by Crippen LogP contribution is -2.46. The van der Waals surface area contributed by atoms with Crippen molar-refractivity contribution < 1.29 is 13.2 Å². The minimum Gasteiger partial charge on any atom is -0.439 e. The molecule has 1 fully saturated rings. The van der Waals surface area contributed by atoms with Crippen LogP contribution in [0, 0.1) is 12.8 Å². The summed E-state index contributed by atoms with van der Waals surface area (Å²) in [6, 6.07) is 11.4. The second kappa shape index (κ2) is 9.31. The maximum absolute atomic E-state index is 12.4. The number of nitrogens with zero attached hydrogens (tertiary/aromatic N) is 2. The molecule has 2 N–H and O–H groups in total. The predicted molar refractivity (Wildman–Crippen MR) is 119 cm³/mol. The quantitative estimate of drug-likeness (QED) is 0.679. The number of rotatable bonds is 7. The number of anilines is 1. The maximum atomic E-state index is 12.4. The minimum atomic E-state index is -3.31. The number of nitrogens with one attached hydrogen (secondary N) is 2. The molecular weight excluding hydrogens is 400 g/mol. The van der Waals surface area contributed by atoms with Gasteiger partial charge in [-0.25, -0.2) is 18.1 Å². The molecule has 2 aromatic rings. The Morgan fingerprint density at radius 3 is 2.37 bits per heavy atom. The Morgan fingerprint density at radius 2 is 1.73 bits per heavy atom. The number of aryl methyl sites for hydroxylation is 1. The molecule has 1 aliphatic carbocycles. The predicted octanol–water partition coefficient (Wildman–Crippen LogP) is 4.27. The van der Waals surface area contributed by atoms with Gasteiger partial charge in [-0.1, -0.05) is 18.2 Å². The summed E-state index contributed by atoms with van der Waals surface area (Å²) >= 11 is 0. The molecule has 0 atom stereocenters. The Balaban J connectivity index is 1.51. The normalized spacial score (nSPS) is 20.0. The van der Waals surface area contributed by atoms with E-state index in [-0.39, 0.29) is 6.04 Å². The molecule has 0 saturated heterocycles. The zero-order valence-electron chi connectivity index (χ0n) is 18.2. The van der Waals surface area contributed by atoms with Gasteiger partial charge in [0.2, 0.25) is 21.9 Å². The van der Waals surface area contributed by atoms with Crippen molar-refractivity contribution >= 4 is 16.0 Å². The molecule has 164 valence electrons. The van der Waals surface area contributed by atoms with E-state index in [1.165, 1.54) is 0 Å². The highest BCUT2D eigenvalue weighted by atomic mass is 32.2. The lowest BCUT2D eigenvalue weighted by molar-refractivity contribution is 0.322. The molecule has 3 rings (SSSR count). The first-order chi connectivity index (χ1) is 14.1. The van der Waals surface area contributed by atoms with Crippen molar-refractivity contribution in [2.75, 3.05) is 11.9 Å². The summed E-state index contributed by atoms with van der Waals surface area (Å²) in [5.74, 6) is 2.26. The zero-order chi connectivity index (χ0) is 21.8. The number of hydrogen-bond acceptors (Lipinski definition) is 6. The Labute approximate surface area is 179 Å². The van der Waals surface area contributed by atoms with Gasteiger partial charge in [-0.2, -0.15) is 4.98 Å². The van der Waals surface area contributed by atoms with Crippen LogP contribution in [0.5, 0.6) is 11.6 Å². The monoisotopic (exact) mass is 432 g/mol. The van der Waals surface area contributed by atoms with Crippen molar-refractivity contribution in [3.05, 3.63) is 42.1 Å². The van der Waals surface area contributed by atoms with E-state index in [0.717, 1.165) is 43.7 Å². The van der Waals surface area contributed by atoms with Gasteiger partial charge in [0.05, 0.1) is 4.75 Å². The van der Waals surface area contributed by atoms with Crippen LogP contribution in [0.1, 0.15) is 52.1 Å². The SMILES string of the molecule is Cc1cc(Oc2ccccc2)nc(NCC2CCC(NS(=O)(=O)C(C)(C)C)CC2)n1. The topological polar surface area (TPSA) is 93.2 Å². The first-order valence-electron chi connectivity index (χ1n) is 10.5. The second-order valence-electron chi connectivity index (χ2n) is 8.92.